The number of nitrogens with zero attached hydrogens (tertiary/aromatic N) is 1. The van der Waals surface area contributed by atoms with E-state index in [9.17, 15) is 0 Å². The van der Waals surface area contributed by atoms with E-state index in [0.717, 1.165) is 12.3 Å². The average Bonchev–Trinajstić information content (AvgIpc) is 2.09. The maximum absolute atomic E-state index is 5.90. The van der Waals surface area contributed by atoms with Gasteiger partial charge in [0.1, 0.15) is 5.82 Å². The molecule has 0 fully saturated rings. The van der Waals surface area contributed by atoms with Crippen LogP contribution in [0.15, 0.2) is 12.3 Å². The fourth-order valence-electron chi connectivity index (χ4n) is 0.854. The Hall–Kier alpha value is -0.610. The predicted octanol–water partition coefficient (Wildman–Crippen LogP) is 2.09. The van der Waals surface area contributed by atoms with Crippen LogP contribution in [0.3, 0.4) is 0 Å². The number of hydrogen-bond acceptors (Lipinski definition) is 4. The van der Waals surface area contributed by atoms with Crippen molar-refractivity contribution >= 4 is 34.9 Å². The first-order valence-corrected chi connectivity index (χ1v) is 5.65. The van der Waals surface area contributed by atoms with E-state index in [1.807, 2.05) is 0 Å². The fraction of sp³-hybridized carbons (Fsp3) is 0.375. The maximum Gasteiger partial charge on any atom is 0.144 e. The molecule has 0 aromatic carbocycles. The van der Waals surface area contributed by atoms with Crippen molar-refractivity contribution in [3.63, 3.8) is 0 Å². The molecule has 0 saturated carbocycles. The second-order valence-corrected chi connectivity index (χ2v) is 3.91. The first-order chi connectivity index (χ1) is 6.24. The number of anilines is 2. The van der Waals surface area contributed by atoms with Crippen LogP contribution in [0.5, 0.6) is 0 Å². The molecule has 0 aliphatic rings. The van der Waals surface area contributed by atoms with Gasteiger partial charge in [0.15, 0.2) is 0 Å². The third kappa shape index (κ3) is 3.32. The van der Waals surface area contributed by atoms with Gasteiger partial charge in [0.2, 0.25) is 0 Å². The molecule has 0 spiro atoms. The third-order valence-electron chi connectivity index (χ3n) is 1.46. The lowest BCUT2D eigenvalue weighted by molar-refractivity contribution is 1.17. The van der Waals surface area contributed by atoms with Gasteiger partial charge in [-0.1, -0.05) is 11.6 Å². The van der Waals surface area contributed by atoms with E-state index in [-0.39, 0.29) is 0 Å². The van der Waals surface area contributed by atoms with Gasteiger partial charge < -0.3 is 11.1 Å². The van der Waals surface area contributed by atoms with Crippen molar-refractivity contribution in [3.05, 3.63) is 17.3 Å². The lowest BCUT2D eigenvalue weighted by Crippen LogP contribution is -2.06. The Labute approximate surface area is 87.1 Å². The first-order valence-electron chi connectivity index (χ1n) is 3.88. The van der Waals surface area contributed by atoms with Crippen molar-refractivity contribution in [1.82, 2.24) is 4.98 Å². The molecule has 13 heavy (non-hydrogen) atoms. The topological polar surface area (TPSA) is 50.9 Å². The average molecular weight is 218 g/mol. The van der Waals surface area contributed by atoms with Gasteiger partial charge in [-0.05, 0) is 12.3 Å². The number of thioether (sulfide) groups is 1. The smallest absolute Gasteiger partial charge is 0.144 e. The summed E-state index contributed by atoms with van der Waals surface area (Å²) in [6.45, 7) is 0.859. The molecule has 72 valence electrons. The van der Waals surface area contributed by atoms with Gasteiger partial charge in [-0.15, -0.1) is 0 Å². The molecule has 0 amide bonds. The van der Waals surface area contributed by atoms with Gasteiger partial charge in [0, 0.05) is 12.3 Å². The summed E-state index contributed by atoms with van der Waals surface area (Å²) in [5.41, 5.74) is 6.09. The molecular formula is C8H12ClN3S. The Morgan fingerprint density at radius 3 is 3.08 bits per heavy atom. The standard InChI is InChI=1S/C8H12ClN3S/c1-13-3-2-11-8-7(9)4-6(10)5-12-8/h4-5H,2-3,10H2,1H3,(H,11,12). The molecule has 0 bridgehead atoms. The summed E-state index contributed by atoms with van der Waals surface area (Å²) < 4.78 is 0. The van der Waals surface area contributed by atoms with Crippen LogP contribution in [0.4, 0.5) is 11.5 Å². The van der Waals surface area contributed by atoms with E-state index in [4.69, 9.17) is 17.3 Å². The first kappa shape index (κ1) is 10.5. The monoisotopic (exact) mass is 217 g/mol. The quantitative estimate of drug-likeness (QED) is 0.759. The number of nitrogens with one attached hydrogen (secondary N) is 1. The maximum atomic E-state index is 5.90. The van der Waals surface area contributed by atoms with Gasteiger partial charge in [0.25, 0.3) is 0 Å². The van der Waals surface area contributed by atoms with Gasteiger partial charge >= 0.3 is 0 Å². The Balaban J connectivity index is 2.56. The SMILES string of the molecule is CSCCNc1ncc(N)cc1Cl. The number of halogens is 1. The Bertz CT molecular complexity index is 280. The van der Waals surface area contributed by atoms with Crippen LogP contribution in [0.2, 0.25) is 5.02 Å². The highest BCUT2D eigenvalue weighted by Gasteiger charge is 2.00. The van der Waals surface area contributed by atoms with Gasteiger partial charge in [-0.3, -0.25) is 0 Å². The molecule has 0 unspecified atom stereocenters. The molecule has 0 atom stereocenters. The number of nitrogens with two attached hydrogens (primary N) is 1. The minimum absolute atomic E-state index is 0.570. The minimum Gasteiger partial charge on any atom is -0.397 e. The number of hydrogen-bond donors (Lipinski definition) is 2. The lowest BCUT2D eigenvalue weighted by Gasteiger charge is -2.06. The second kappa shape index (κ2) is 5.19. The van der Waals surface area contributed by atoms with E-state index < -0.39 is 0 Å². The van der Waals surface area contributed by atoms with E-state index in [0.29, 0.717) is 16.5 Å². The fourth-order valence-corrected chi connectivity index (χ4v) is 1.40. The molecule has 0 aliphatic heterocycles. The predicted molar refractivity (Wildman–Crippen MR) is 60.5 cm³/mol. The van der Waals surface area contributed by atoms with Crippen LogP contribution in [0.25, 0.3) is 0 Å². The van der Waals surface area contributed by atoms with Crippen LogP contribution in [0.1, 0.15) is 0 Å². The van der Waals surface area contributed by atoms with E-state index in [1.165, 1.54) is 0 Å². The summed E-state index contributed by atoms with van der Waals surface area (Å²) in [4.78, 5) is 4.07. The number of rotatable bonds is 4. The van der Waals surface area contributed by atoms with Crippen molar-refractivity contribution in [2.75, 3.05) is 29.6 Å². The van der Waals surface area contributed by atoms with Crippen LogP contribution >= 0.6 is 23.4 Å². The molecule has 3 nitrogen and oxygen atoms in total. The van der Waals surface area contributed by atoms with Crippen LogP contribution < -0.4 is 11.1 Å². The molecule has 0 aliphatic carbocycles. The summed E-state index contributed by atoms with van der Waals surface area (Å²) in [5, 5.41) is 3.69. The van der Waals surface area contributed by atoms with Gasteiger partial charge in [-0.2, -0.15) is 11.8 Å². The van der Waals surface area contributed by atoms with Gasteiger partial charge in [-0.25, -0.2) is 4.98 Å². The summed E-state index contributed by atoms with van der Waals surface area (Å²) in [6, 6.07) is 1.69. The highest BCUT2D eigenvalue weighted by Crippen LogP contribution is 2.20. The van der Waals surface area contributed by atoms with Crippen molar-refractivity contribution in [3.8, 4) is 0 Å². The summed E-state index contributed by atoms with van der Waals surface area (Å²) >= 11 is 7.67. The minimum atomic E-state index is 0.570. The van der Waals surface area contributed by atoms with E-state index >= 15 is 0 Å². The molecule has 5 heteroatoms. The number of aromatic nitrogens is 1. The zero-order valence-corrected chi connectivity index (χ0v) is 8.95. The summed E-state index contributed by atoms with van der Waals surface area (Å²) in [6.07, 6.45) is 3.65. The van der Waals surface area contributed by atoms with Crippen LogP contribution in [0, 0.1) is 0 Å². The molecule has 1 aromatic rings. The van der Waals surface area contributed by atoms with Crippen molar-refractivity contribution in [1.29, 1.82) is 0 Å². The molecular weight excluding hydrogens is 206 g/mol. The highest BCUT2D eigenvalue weighted by atomic mass is 35.5. The molecule has 3 N–H and O–H groups in total. The Morgan fingerprint density at radius 2 is 2.46 bits per heavy atom. The van der Waals surface area contributed by atoms with E-state index in [2.05, 4.69) is 16.6 Å². The van der Waals surface area contributed by atoms with Crippen LogP contribution in [-0.4, -0.2) is 23.5 Å². The molecule has 1 rings (SSSR count). The number of nitrogen functional groups attached to an aromatic ring is 1. The number of pyridine rings is 1. The van der Waals surface area contributed by atoms with Crippen LogP contribution in [-0.2, 0) is 0 Å². The van der Waals surface area contributed by atoms with Gasteiger partial charge in [0.05, 0.1) is 16.9 Å². The van der Waals surface area contributed by atoms with Crippen molar-refractivity contribution < 1.29 is 0 Å². The zero-order valence-electron chi connectivity index (χ0n) is 7.38. The Kier molecular flexibility index (Phi) is 4.18. The highest BCUT2D eigenvalue weighted by molar-refractivity contribution is 7.98. The molecule has 0 saturated heterocycles. The third-order valence-corrected chi connectivity index (χ3v) is 2.36. The zero-order chi connectivity index (χ0) is 9.68. The summed E-state index contributed by atoms with van der Waals surface area (Å²) in [7, 11) is 0. The second-order valence-electron chi connectivity index (χ2n) is 2.52. The normalized spacial score (nSPS) is 10.0. The molecule has 1 aromatic heterocycles. The van der Waals surface area contributed by atoms with Crippen molar-refractivity contribution in [2.45, 2.75) is 0 Å². The van der Waals surface area contributed by atoms with E-state index in [1.54, 1.807) is 24.0 Å². The largest absolute Gasteiger partial charge is 0.397 e. The summed E-state index contributed by atoms with van der Waals surface area (Å²) in [5.74, 6) is 1.73. The molecule has 1 heterocycles. The van der Waals surface area contributed by atoms with Crippen molar-refractivity contribution in [2.24, 2.45) is 0 Å². The Morgan fingerprint density at radius 1 is 1.69 bits per heavy atom. The lowest BCUT2D eigenvalue weighted by atomic mass is 10.4. The molecule has 0 radical (unpaired) electrons.